The van der Waals surface area contributed by atoms with E-state index in [1.54, 1.807) is 18.6 Å². The van der Waals surface area contributed by atoms with Gasteiger partial charge in [-0.25, -0.2) is 5.43 Å². The molecule has 0 saturated heterocycles. The van der Waals surface area contributed by atoms with Crippen LogP contribution in [0.1, 0.15) is 22.9 Å². The molecule has 17 heavy (non-hydrogen) atoms. The quantitative estimate of drug-likeness (QED) is 0.509. The van der Waals surface area contributed by atoms with Crippen molar-refractivity contribution < 1.29 is 0 Å². The highest BCUT2D eigenvalue weighted by molar-refractivity contribution is 14.1. The second-order valence-electron chi connectivity index (χ2n) is 3.71. The maximum atomic E-state index is 5.63. The number of rotatable bonds is 3. The highest BCUT2D eigenvalue weighted by Crippen LogP contribution is 2.26. The standard InChI is InChI=1S/C12H13IN4/c1-8-3-2-4-9(11(8)13)12(17-14)10-7-15-5-6-16-10/h2-7,12,17H,14H2,1H3. The maximum absolute atomic E-state index is 5.63. The summed E-state index contributed by atoms with van der Waals surface area (Å²) in [4.78, 5) is 8.36. The summed E-state index contributed by atoms with van der Waals surface area (Å²) in [6, 6.07) is 6.02. The van der Waals surface area contributed by atoms with Crippen LogP contribution in [0.15, 0.2) is 36.8 Å². The molecule has 2 rings (SSSR count). The highest BCUT2D eigenvalue weighted by Gasteiger charge is 2.17. The Morgan fingerprint density at radius 3 is 2.82 bits per heavy atom. The van der Waals surface area contributed by atoms with Crippen molar-refractivity contribution in [3.05, 3.63) is 57.2 Å². The van der Waals surface area contributed by atoms with Gasteiger partial charge in [-0.05, 0) is 40.6 Å². The minimum absolute atomic E-state index is 0.129. The maximum Gasteiger partial charge on any atom is 0.0907 e. The van der Waals surface area contributed by atoms with E-state index in [0.717, 1.165) is 11.3 Å². The van der Waals surface area contributed by atoms with Gasteiger partial charge in [-0.1, -0.05) is 18.2 Å². The Morgan fingerprint density at radius 1 is 1.35 bits per heavy atom. The van der Waals surface area contributed by atoms with Crippen LogP contribution in [0.3, 0.4) is 0 Å². The SMILES string of the molecule is Cc1cccc(C(NN)c2cnccn2)c1I. The number of aryl methyl sites for hydroxylation is 1. The van der Waals surface area contributed by atoms with Gasteiger partial charge in [0.25, 0.3) is 0 Å². The van der Waals surface area contributed by atoms with Gasteiger partial charge in [-0.2, -0.15) is 0 Å². The number of hydrazine groups is 1. The van der Waals surface area contributed by atoms with E-state index in [1.165, 1.54) is 9.13 Å². The van der Waals surface area contributed by atoms with Gasteiger partial charge in [0.2, 0.25) is 0 Å². The molecule has 5 heteroatoms. The van der Waals surface area contributed by atoms with Crippen molar-refractivity contribution in [2.45, 2.75) is 13.0 Å². The topological polar surface area (TPSA) is 63.8 Å². The number of hydrogen-bond donors (Lipinski definition) is 2. The van der Waals surface area contributed by atoms with Crippen LogP contribution in [0, 0.1) is 10.5 Å². The molecular formula is C12H13IN4. The van der Waals surface area contributed by atoms with Gasteiger partial charge in [0, 0.05) is 16.0 Å². The third-order valence-electron chi connectivity index (χ3n) is 2.58. The first-order chi connectivity index (χ1) is 8.24. The summed E-state index contributed by atoms with van der Waals surface area (Å²) < 4.78 is 1.19. The lowest BCUT2D eigenvalue weighted by Crippen LogP contribution is -2.30. The van der Waals surface area contributed by atoms with E-state index in [4.69, 9.17) is 5.84 Å². The summed E-state index contributed by atoms with van der Waals surface area (Å²) in [7, 11) is 0. The molecule has 1 atom stereocenters. The molecule has 1 aromatic carbocycles. The Morgan fingerprint density at radius 2 is 2.18 bits per heavy atom. The van der Waals surface area contributed by atoms with E-state index in [2.05, 4.69) is 51.0 Å². The van der Waals surface area contributed by atoms with Crippen molar-refractivity contribution in [1.82, 2.24) is 15.4 Å². The van der Waals surface area contributed by atoms with Crippen LogP contribution in [0.2, 0.25) is 0 Å². The largest absolute Gasteiger partial charge is 0.271 e. The average molecular weight is 340 g/mol. The molecule has 3 N–H and O–H groups in total. The lowest BCUT2D eigenvalue weighted by atomic mass is 10.0. The van der Waals surface area contributed by atoms with Crippen LogP contribution in [0.5, 0.6) is 0 Å². The average Bonchev–Trinajstić information content (AvgIpc) is 2.37. The van der Waals surface area contributed by atoms with Crippen LogP contribution >= 0.6 is 22.6 Å². The number of aromatic nitrogens is 2. The predicted octanol–water partition coefficient (Wildman–Crippen LogP) is 1.94. The van der Waals surface area contributed by atoms with Crippen molar-refractivity contribution in [3.8, 4) is 0 Å². The molecule has 0 fully saturated rings. The normalized spacial score (nSPS) is 12.4. The fourth-order valence-electron chi connectivity index (χ4n) is 1.69. The number of nitrogens with two attached hydrogens (primary N) is 1. The molecule has 0 bridgehead atoms. The van der Waals surface area contributed by atoms with Crippen molar-refractivity contribution in [2.24, 2.45) is 5.84 Å². The lowest BCUT2D eigenvalue weighted by Gasteiger charge is -2.17. The van der Waals surface area contributed by atoms with Gasteiger partial charge in [0.15, 0.2) is 0 Å². The zero-order chi connectivity index (χ0) is 12.3. The number of nitrogens with one attached hydrogen (secondary N) is 1. The minimum Gasteiger partial charge on any atom is -0.271 e. The van der Waals surface area contributed by atoms with Crippen LogP contribution in [-0.4, -0.2) is 9.97 Å². The zero-order valence-electron chi connectivity index (χ0n) is 9.39. The molecule has 0 spiro atoms. The lowest BCUT2D eigenvalue weighted by molar-refractivity contribution is 0.615. The molecule has 0 aliphatic carbocycles. The van der Waals surface area contributed by atoms with E-state index in [0.29, 0.717) is 0 Å². The van der Waals surface area contributed by atoms with Crippen LogP contribution in [0.4, 0.5) is 0 Å². The molecule has 0 radical (unpaired) electrons. The molecule has 0 saturated carbocycles. The van der Waals surface area contributed by atoms with Crippen molar-refractivity contribution >= 4 is 22.6 Å². The van der Waals surface area contributed by atoms with E-state index in [1.807, 2.05) is 12.1 Å². The fraction of sp³-hybridized carbons (Fsp3) is 0.167. The Labute approximate surface area is 114 Å². The Kier molecular flexibility index (Phi) is 4.03. The summed E-state index contributed by atoms with van der Waals surface area (Å²) >= 11 is 2.33. The van der Waals surface area contributed by atoms with Crippen molar-refractivity contribution in [2.75, 3.05) is 0 Å². The summed E-state index contributed by atoms with van der Waals surface area (Å²) in [5.74, 6) is 5.63. The smallest absolute Gasteiger partial charge is 0.0907 e. The molecular weight excluding hydrogens is 327 g/mol. The number of nitrogens with zero attached hydrogens (tertiary/aromatic N) is 2. The van der Waals surface area contributed by atoms with Crippen LogP contribution in [0.25, 0.3) is 0 Å². The zero-order valence-corrected chi connectivity index (χ0v) is 11.5. The van der Waals surface area contributed by atoms with E-state index in [9.17, 15) is 0 Å². The van der Waals surface area contributed by atoms with E-state index < -0.39 is 0 Å². The molecule has 1 unspecified atom stereocenters. The second-order valence-corrected chi connectivity index (χ2v) is 4.79. The van der Waals surface area contributed by atoms with Gasteiger partial charge in [0.1, 0.15) is 0 Å². The summed E-state index contributed by atoms with van der Waals surface area (Å²) in [6.07, 6.45) is 5.05. The highest BCUT2D eigenvalue weighted by atomic mass is 127. The fourth-order valence-corrected chi connectivity index (χ4v) is 2.36. The molecule has 1 heterocycles. The third-order valence-corrected chi connectivity index (χ3v) is 4.05. The van der Waals surface area contributed by atoms with Gasteiger partial charge in [-0.3, -0.25) is 15.8 Å². The third kappa shape index (κ3) is 2.62. The monoisotopic (exact) mass is 340 g/mol. The number of benzene rings is 1. The number of hydrogen-bond acceptors (Lipinski definition) is 4. The van der Waals surface area contributed by atoms with Gasteiger partial charge < -0.3 is 0 Å². The van der Waals surface area contributed by atoms with Crippen molar-refractivity contribution in [3.63, 3.8) is 0 Å². The molecule has 0 amide bonds. The van der Waals surface area contributed by atoms with E-state index >= 15 is 0 Å². The molecule has 88 valence electrons. The summed E-state index contributed by atoms with van der Waals surface area (Å²) in [5, 5.41) is 0. The first-order valence-corrected chi connectivity index (χ1v) is 6.29. The molecule has 4 nitrogen and oxygen atoms in total. The van der Waals surface area contributed by atoms with Crippen molar-refractivity contribution in [1.29, 1.82) is 0 Å². The summed E-state index contributed by atoms with van der Waals surface area (Å²) in [5.41, 5.74) is 5.96. The molecule has 2 aromatic rings. The van der Waals surface area contributed by atoms with Crippen LogP contribution in [-0.2, 0) is 0 Å². The summed E-state index contributed by atoms with van der Waals surface area (Å²) in [6.45, 7) is 2.08. The van der Waals surface area contributed by atoms with Gasteiger partial charge >= 0.3 is 0 Å². The Balaban J connectivity index is 2.46. The minimum atomic E-state index is -0.129. The molecule has 0 aliphatic heterocycles. The first-order valence-electron chi connectivity index (χ1n) is 5.21. The predicted molar refractivity (Wildman–Crippen MR) is 75.1 cm³/mol. The Bertz CT molecular complexity index is 501. The first kappa shape index (κ1) is 12.4. The second kappa shape index (κ2) is 5.52. The molecule has 0 aliphatic rings. The molecule has 1 aromatic heterocycles. The number of halogens is 1. The van der Waals surface area contributed by atoms with E-state index in [-0.39, 0.29) is 6.04 Å². The van der Waals surface area contributed by atoms with Crippen LogP contribution < -0.4 is 11.3 Å². The van der Waals surface area contributed by atoms with Gasteiger partial charge in [0.05, 0.1) is 17.9 Å². The van der Waals surface area contributed by atoms with Gasteiger partial charge in [-0.15, -0.1) is 0 Å². The Hall–Kier alpha value is -1.05.